The van der Waals surface area contributed by atoms with E-state index in [1.54, 1.807) is 31.2 Å². The second kappa shape index (κ2) is 16.5. The maximum atomic E-state index is 13.2. The molecule has 3 N–H and O–H groups in total. The molecule has 0 heterocycles. The predicted octanol–water partition coefficient (Wildman–Crippen LogP) is 4.31. The SMILES string of the molecule is CCCCCCCCC(NS(=O)(=O)Cc1ccccc1)C(=O)N[C@@H](CO)[C@@H](C)OCc1ccccc1. The molecule has 0 aliphatic heterocycles. The summed E-state index contributed by atoms with van der Waals surface area (Å²) < 4.78 is 34.2. The Hall–Kier alpha value is -2.26. The minimum absolute atomic E-state index is 0.200. The monoisotopic (exact) mass is 518 g/mol. The highest BCUT2D eigenvalue weighted by molar-refractivity contribution is 7.88. The minimum Gasteiger partial charge on any atom is -0.394 e. The van der Waals surface area contributed by atoms with E-state index in [1.165, 1.54) is 6.42 Å². The molecule has 1 unspecified atom stereocenters. The molecular formula is C28H42N2O5S. The van der Waals surface area contributed by atoms with Gasteiger partial charge in [-0.3, -0.25) is 4.79 Å². The first-order chi connectivity index (χ1) is 17.3. The number of sulfonamides is 1. The molecule has 0 aromatic heterocycles. The normalized spacial score (nSPS) is 14.2. The third-order valence-corrected chi connectivity index (χ3v) is 7.49. The van der Waals surface area contributed by atoms with Crippen molar-refractivity contribution in [3.63, 3.8) is 0 Å². The zero-order chi connectivity index (χ0) is 26.2. The summed E-state index contributed by atoms with van der Waals surface area (Å²) in [6.07, 6.45) is 6.12. The standard InChI is InChI=1S/C28H42N2O5S/c1-3-4-5-6-7-14-19-26(30-36(33,34)22-25-17-12-9-13-18-25)28(32)29-27(20-31)23(2)35-21-24-15-10-8-11-16-24/h8-13,15-18,23,26-27,30-31H,3-7,14,19-22H2,1-2H3,(H,29,32)/t23-,26?,27+/m1/s1. The third kappa shape index (κ3) is 11.6. The number of carbonyl (C=O) groups is 1. The van der Waals surface area contributed by atoms with Gasteiger partial charge in [0.25, 0.3) is 0 Å². The van der Waals surface area contributed by atoms with Crippen LogP contribution in [0.3, 0.4) is 0 Å². The molecule has 1 amide bonds. The average molecular weight is 519 g/mol. The number of aliphatic hydroxyl groups excluding tert-OH is 1. The molecule has 8 heteroatoms. The van der Waals surface area contributed by atoms with E-state index in [-0.39, 0.29) is 12.4 Å². The number of ether oxygens (including phenoxy) is 1. The van der Waals surface area contributed by atoms with E-state index in [0.717, 1.165) is 37.7 Å². The molecule has 3 atom stereocenters. The molecule has 36 heavy (non-hydrogen) atoms. The number of amides is 1. The molecule has 0 aliphatic carbocycles. The summed E-state index contributed by atoms with van der Waals surface area (Å²) in [7, 11) is -3.74. The highest BCUT2D eigenvalue weighted by Gasteiger charge is 2.28. The Labute approximate surface area is 216 Å². The van der Waals surface area contributed by atoms with Crippen LogP contribution in [0, 0.1) is 0 Å². The molecule has 2 aromatic carbocycles. The minimum atomic E-state index is -3.74. The van der Waals surface area contributed by atoms with E-state index in [1.807, 2.05) is 36.4 Å². The molecule has 2 aromatic rings. The lowest BCUT2D eigenvalue weighted by molar-refractivity contribution is -0.125. The molecule has 0 spiro atoms. The van der Waals surface area contributed by atoms with Gasteiger partial charge in [0.1, 0.15) is 6.04 Å². The zero-order valence-corrected chi connectivity index (χ0v) is 22.4. The molecular weight excluding hydrogens is 476 g/mol. The number of carbonyl (C=O) groups excluding carboxylic acids is 1. The van der Waals surface area contributed by atoms with Crippen molar-refractivity contribution >= 4 is 15.9 Å². The second-order valence-corrected chi connectivity index (χ2v) is 11.0. The highest BCUT2D eigenvalue weighted by Crippen LogP contribution is 2.13. The van der Waals surface area contributed by atoms with Crippen molar-refractivity contribution in [2.45, 2.75) is 89.3 Å². The van der Waals surface area contributed by atoms with Gasteiger partial charge in [-0.05, 0) is 24.5 Å². The van der Waals surface area contributed by atoms with Crippen molar-refractivity contribution in [1.29, 1.82) is 0 Å². The second-order valence-electron chi connectivity index (χ2n) is 9.27. The van der Waals surface area contributed by atoms with Gasteiger partial charge in [0, 0.05) is 0 Å². The van der Waals surface area contributed by atoms with Crippen LogP contribution < -0.4 is 10.0 Å². The summed E-state index contributed by atoms with van der Waals surface area (Å²) in [6, 6.07) is 17.0. The van der Waals surface area contributed by atoms with Crippen LogP contribution in [0.4, 0.5) is 0 Å². The van der Waals surface area contributed by atoms with Crippen molar-refractivity contribution in [3.8, 4) is 0 Å². The molecule has 0 fully saturated rings. The third-order valence-electron chi connectivity index (χ3n) is 6.13. The Morgan fingerprint density at radius 1 is 0.917 bits per heavy atom. The van der Waals surface area contributed by atoms with Crippen LogP contribution in [0.5, 0.6) is 0 Å². The van der Waals surface area contributed by atoms with Gasteiger partial charge in [-0.15, -0.1) is 0 Å². The number of aliphatic hydroxyl groups is 1. The smallest absolute Gasteiger partial charge is 0.238 e. The van der Waals surface area contributed by atoms with Gasteiger partial charge in [0.2, 0.25) is 15.9 Å². The molecule has 0 saturated carbocycles. The maximum absolute atomic E-state index is 13.2. The van der Waals surface area contributed by atoms with Crippen molar-refractivity contribution in [1.82, 2.24) is 10.0 Å². The number of rotatable bonds is 18. The van der Waals surface area contributed by atoms with Crippen LogP contribution in [-0.2, 0) is 31.9 Å². The van der Waals surface area contributed by atoms with Crippen LogP contribution in [0.15, 0.2) is 60.7 Å². The zero-order valence-electron chi connectivity index (χ0n) is 21.6. The first-order valence-corrected chi connectivity index (χ1v) is 14.6. The fourth-order valence-corrected chi connectivity index (χ4v) is 5.31. The maximum Gasteiger partial charge on any atom is 0.238 e. The predicted molar refractivity (Wildman–Crippen MR) is 144 cm³/mol. The lowest BCUT2D eigenvalue weighted by atomic mass is 10.0. The van der Waals surface area contributed by atoms with E-state index in [2.05, 4.69) is 17.0 Å². The van der Waals surface area contributed by atoms with Gasteiger partial charge in [-0.25, -0.2) is 13.1 Å². The molecule has 0 bridgehead atoms. The van der Waals surface area contributed by atoms with Crippen LogP contribution in [0.25, 0.3) is 0 Å². The van der Waals surface area contributed by atoms with Gasteiger partial charge in [-0.2, -0.15) is 0 Å². The summed E-state index contributed by atoms with van der Waals surface area (Å²) in [5.74, 6) is -0.650. The van der Waals surface area contributed by atoms with E-state index in [0.29, 0.717) is 18.6 Å². The average Bonchev–Trinajstić information content (AvgIpc) is 2.87. The topological polar surface area (TPSA) is 105 Å². The molecule has 0 aliphatic rings. The van der Waals surface area contributed by atoms with Crippen molar-refractivity contribution in [2.75, 3.05) is 6.61 Å². The molecule has 200 valence electrons. The van der Waals surface area contributed by atoms with Crippen LogP contribution in [0.2, 0.25) is 0 Å². The van der Waals surface area contributed by atoms with Gasteiger partial charge in [-0.1, -0.05) is 106 Å². The summed E-state index contributed by atoms with van der Waals surface area (Å²) in [4.78, 5) is 13.2. The summed E-state index contributed by atoms with van der Waals surface area (Å²) >= 11 is 0. The largest absolute Gasteiger partial charge is 0.394 e. The highest BCUT2D eigenvalue weighted by atomic mass is 32.2. The van der Waals surface area contributed by atoms with Crippen LogP contribution in [0.1, 0.15) is 69.9 Å². The molecule has 0 saturated heterocycles. The molecule has 2 rings (SSSR count). The van der Waals surface area contributed by atoms with Crippen LogP contribution in [-0.4, -0.2) is 44.2 Å². The molecule has 0 radical (unpaired) electrons. The Bertz CT molecular complexity index is 970. The van der Waals surface area contributed by atoms with Crippen LogP contribution >= 0.6 is 0 Å². The lowest BCUT2D eigenvalue weighted by Crippen LogP contribution is -2.53. The number of hydrogen-bond donors (Lipinski definition) is 3. The van der Waals surface area contributed by atoms with Gasteiger partial charge < -0.3 is 15.2 Å². The first-order valence-electron chi connectivity index (χ1n) is 12.9. The fraction of sp³-hybridized carbons (Fsp3) is 0.536. The Kier molecular flexibility index (Phi) is 13.7. The number of hydrogen-bond acceptors (Lipinski definition) is 5. The fourth-order valence-electron chi connectivity index (χ4n) is 3.94. The Morgan fingerprint density at radius 3 is 2.11 bits per heavy atom. The Balaban J connectivity index is 2.00. The summed E-state index contributed by atoms with van der Waals surface area (Å²) in [5.41, 5.74) is 1.64. The summed E-state index contributed by atoms with van der Waals surface area (Å²) in [6.45, 7) is 3.97. The number of benzene rings is 2. The summed E-state index contributed by atoms with van der Waals surface area (Å²) in [5, 5.41) is 12.7. The van der Waals surface area contributed by atoms with Crippen molar-refractivity contribution in [2.24, 2.45) is 0 Å². The number of unbranched alkanes of at least 4 members (excludes halogenated alkanes) is 5. The van der Waals surface area contributed by atoms with E-state index >= 15 is 0 Å². The Morgan fingerprint density at radius 2 is 1.50 bits per heavy atom. The van der Waals surface area contributed by atoms with Crippen molar-refractivity contribution in [3.05, 3.63) is 71.8 Å². The van der Waals surface area contributed by atoms with Crippen molar-refractivity contribution < 1.29 is 23.1 Å². The van der Waals surface area contributed by atoms with E-state index < -0.39 is 34.1 Å². The van der Waals surface area contributed by atoms with Gasteiger partial charge in [0.05, 0.1) is 31.1 Å². The van der Waals surface area contributed by atoms with E-state index in [4.69, 9.17) is 4.74 Å². The molecule has 7 nitrogen and oxygen atoms in total. The van der Waals surface area contributed by atoms with E-state index in [9.17, 15) is 18.3 Å². The van der Waals surface area contributed by atoms with Gasteiger partial charge >= 0.3 is 0 Å². The van der Waals surface area contributed by atoms with Gasteiger partial charge in [0.15, 0.2) is 0 Å². The first kappa shape index (κ1) is 30.0. The quantitative estimate of drug-likeness (QED) is 0.255. The lowest BCUT2D eigenvalue weighted by Gasteiger charge is -2.26. The number of nitrogens with one attached hydrogen (secondary N) is 2.